The van der Waals surface area contributed by atoms with Crippen molar-refractivity contribution in [2.75, 3.05) is 19.8 Å². The number of nitrogens with zero attached hydrogens (tertiary/aromatic N) is 1. The Bertz CT molecular complexity index is 577. The Labute approximate surface area is 111 Å². The van der Waals surface area contributed by atoms with Crippen molar-refractivity contribution in [3.63, 3.8) is 0 Å². The molecule has 0 bridgehead atoms. The topological polar surface area (TPSA) is 29.3 Å². The average molecular weight is 262 g/mol. The third-order valence-corrected chi connectivity index (χ3v) is 2.89. The molecule has 100 valence electrons. The van der Waals surface area contributed by atoms with E-state index in [0.29, 0.717) is 11.1 Å². The molecule has 0 unspecified atom stereocenters. The summed E-state index contributed by atoms with van der Waals surface area (Å²) in [6.07, 6.45) is 0. The molecule has 0 saturated carbocycles. The minimum absolute atomic E-state index is 0.315. The molecule has 0 aliphatic heterocycles. The zero-order valence-corrected chi connectivity index (χ0v) is 11.0. The minimum Gasteiger partial charge on any atom is -0.394 e. The Balaban J connectivity index is 2.35. The van der Waals surface area contributed by atoms with E-state index < -0.39 is 17.3 Å². The fraction of sp³-hybridized carbons (Fsp3) is 0.200. The lowest BCUT2D eigenvalue weighted by molar-refractivity contribution is 0.402. The summed E-state index contributed by atoms with van der Waals surface area (Å²) in [7, 11) is 3.96. The molecular formula is C15H16F2N2. The van der Waals surface area contributed by atoms with Gasteiger partial charge in [0, 0.05) is 12.1 Å². The fourth-order valence-corrected chi connectivity index (χ4v) is 1.95. The molecule has 0 amide bonds. The number of nitrogens with two attached hydrogens (primary N) is 1. The Morgan fingerprint density at radius 1 is 1.00 bits per heavy atom. The van der Waals surface area contributed by atoms with Gasteiger partial charge in [-0.05, 0) is 37.4 Å². The largest absolute Gasteiger partial charge is 0.394 e. The quantitative estimate of drug-likeness (QED) is 0.860. The zero-order valence-electron chi connectivity index (χ0n) is 11.0. The van der Waals surface area contributed by atoms with Crippen molar-refractivity contribution < 1.29 is 8.78 Å². The van der Waals surface area contributed by atoms with Crippen LogP contribution in [0.1, 0.15) is 5.56 Å². The lowest BCUT2D eigenvalue weighted by Crippen LogP contribution is -2.10. The van der Waals surface area contributed by atoms with Crippen LogP contribution in [0.2, 0.25) is 0 Å². The lowest BCUT2D eigenvalue weighted by Gasteiger charge is -2.11. The van der Waals surface area contributed by atoms with Gasteiger partial charge in [0.05, 0.1) is 0 Å². The molecule has 0 spiro atoms. The summed E-state index contributed by atoms with van der Waals surface area (Å²) in [4.78, 5) is 2.05. The molecule has 0 saturated heterocycles. The molecule has 0 aliphatic carbocycles. The van der Waals surface area contributed by atoms with Gasteiger partial charge >= 0.3 is 0 Å². The Morgan fingerprint density at radius 2 is 1.63 bits per heavy atom. The van der Waals surface area contributed by atoms with Gasteiger partial charge in [-0.2, -0.15) is 0 Å². The van der Waals surface area contributed by atoms with Crippen LogP contribution in [0, 0.1) is 11.6 Å². The second-order valence-corrected chi connectivity index (χ2v) is 4.76. The van der Waals surface area contributed by atoms with Crippen LogP contribution in [0.15, 0.2) is 36.4 Å². The molecule has 2 nitrogen and oxygen atoms in total. The first-order chi connectivity index (χ1) is 8.99. The van der Waals surface area contributed by atoms with Crippen LogP contribution >= 0.6 is 0 Å². The van der Waals surface area contributed by atoms with Crippen LogP contribution in [0.4, 0.5) is 14.5 Å². The van der Waals surface area contributed by atoms with Gasteiger partial charge in [0.2, 0.25) is 0 Å². The van der Waals surface area contributed by atoms with E-state index in [1.54, 1.807) is 0 Å². The molecule has 0 atom stereocenters. The predicted molar refractivity (Wildman–Crippen MR) is 73.6 cm³/mol. The molecule has 19 heavy (non-hydrogen) atoms. The van der Waals surface area contributed by atoms with Crippen molar-refractivity contribution in [2.24, 2.45) is 0 Å². The average Bonchev–Trinajstić information content (AvgIpc) is 2.37. The van der Waals surface area contributed by atoms with E-state index in [4.69, 9.17) is 5.73 Å². The van der Waals surface area contributed by atoms with E-state index in [9.17, 15) is 8.78 Å². The molecule has 0 fully saturated rings. The predicted octanol–water partition coefficient (Wildman–Crippen LogP) is 3.28. The molecule has 2 rings (SSSR count). The second kappa shape index (κ2) is 5.36. The highest BCUT2D eigenvalue weighted by atomic mass is 19.1. The normalized spacial score (nSPS) is 11.0. The van der Waals surface area contributed by atoms with Crippen LogP contribution < -0.4 is 5.73 Å². The van der Waals surface area contributed by atoms with Crippen molar-refractivity contribution in [1.29, 1.82) is 0 Å². The summed E-state index contributed by atoms with van der Waals surface area (Å²) in [5, 5.41) is 0. The maximum absolute atomic E-state index is 13.9. The summed E-state index contributed by atoms with van der Waals surface area (Å²) >= 11 is 0. The van der Waals surface area contributed by atoms with Gasteiger partial charge < -0.3 is 10.6 Å². The van der Waals surface area contributed by atoms with Crippen molar-refractivity contribution >= 4 is 5.69 Å². The first kappa shape index (κ1) is 13.5. The lowest BCUT2D eigenvalue weighted by atomic mass is 10.0. The van der Waals surface area contributed by atoms with Crippen molar-refractivity contribution in [3.05, 3.63) is 53.6 Å². The number of nitrogen functional groups attached to an aromatic ring is 1. The number of benzene rings is 2. The number of rotatable bonds is 3. The standard InChI is InChI=1S/C15H16F2N2/c1-19(2)9-10-3-5-11(6-4-10)12-7-8-13(16)15(18)14(12)17/h3-8H,9,18H2,1-2H3. The maximum atomic E-state index is 13.9. The first-order valence-corrected chi connectivity index (χ1v) is 5.96. The number of halogens is 2. The second-order valence-electron chi connectivity index (χ2n) is 4.76. The Hall–Kier alpha value is -1.94. The SMILES string of the molecule is CN(C)Cc1ccc(-c2ccc(F)c(N)c2F)cc1. The van der Waals surface area contributed by atoms with Crippen LogP contribution in [0.5, 0.6) is 0 Å². The molecule has 4 heteroatoms. The van der Waals surface area contributed by atoms with Crippen LogP contribution in [0.25, 0.3) is 11.1 Å². The number of anilines is 1. The molecule has 0 aliphatic rings. The van der Waals surface area contributed by atoms with Crippen LogP contribution in [-0.4, -0.2) is 19.0 Å². The Kier molecular flexibility index (Phi) is 3.81. The van der Waals surface area contributed by atoms with E-state index in [2.05, 4.69) is 0 Å². The molecule has 0 radical (unpaired) electrons. The highest BCUT2D eigenvalue weighted by Gasteiger charge is 2.12. The van der Waals surface area contributed by atoms with Gasteiger partial charge in [-0.15, -0.1) is 0 Å². The summed E-state index contributed by atoms with van der Waals surface area (Å²) in [6.45, 7) is 0.814. The van der Waals surface area contributed by atoms with Crippen molar-refractivity contribution in [1.82, 2.24) is 4.90 Å². The number of hydrogen-bond acceptors (Lipinski definition) is 2. The van der Waals surface area contributed by atoms with Gasteiger partial charge in [-0.3, -0.25) is 0 Å². The third-order valence-electron chi connectivity index (χ3n) is 2.89. The van der Waals surface area contributed by atoms with Crippen molar-refractivity contribution in [3.8, 4) is 11.1 Å². The summed E-state index contributed by atoms with van der Waals surface area (Å²) in [5.74, 6) is -1.44. The molecule has 2 aromatic carbocycles. The Morgan fingerprint density at radius 3 is 2.21 bits per heavy atom. The highest BCUT2D eigenvalue weighted by Crippen LogP contribution is 2.28. The van der Waals surface area contributed by atoms with E-state index in [0.717, 1.165) is 12.1 Å². The van der Waals surface area contributed by atoms with Crippen LogP contribution in [-0.2, 0) is 6.54 Å². The van der Waals surface area contributed by atoms with Gasteiger partial charge in [-0.1, -0.05) is 24.3 Å². The molecule has 0 heterocycles. The summed E-state index contributed by atoms with van der Waals surface area (Å²) < 4.78 is 27.0. The highest BCUT2D eigenvalue weighted by molar-refractivity contribution is 5.68. The van der Waals surface area contributed by atoms with Gasteiger partial charge in [0.15, 0.2) is 5.82 Å². The smallest absolute Gasteiger partial charge is 0.156 e. The minimum atomic E-state index is -0.731. The first-order valence-electron chi connectivity index (χ1n) is 5.96. The molecular weight excluding hydrogens is 246 g/mol. The maximum Gasteiger partial charge on any atom is 0.156 e. The van der Waals surface area contributed by atoms with Gasteiger partial charge in [0.1, 0.15) is 11.5 Å². The van der Waals surface area contributed by atoms with Crippen LogP contribution in [0.3, 0.4) is 0 Å². The fourth-order valence-electron chi connectivity index (χ4n) is 1.95. The monoisotopic (exact) mass is 262 g/mol. The molecule has 2 N–H and O–H groups in total. The molecule has 0 aromatic heterocycles. The van der Waals surface area contributed by atoms with E-state index in [-0.39, 0.29) is 0 Å². The van der Waals surface area contributed by atoms with Gasteiger partial charge in [0.25, 0.3) is 0 Å². The third kappa shape index (κ3) is 2.90. The zero-order chi connectivity index (χ0) is 14.0. The molecule has 2 aromatic rings. The van der Waals surface area contributed by atoms with Gasteiger partial charge in [-0.25, -0.2) is 8.78 Å². The summed E-state index contributed by atoms with van der Waals surface area (Å²) in [6, 6.07) is 10.1. The number of hydrogen-bond donors (Lipinski definition) is 1. The summed E-state index contributed by atoms with van der Waals surface area (Å²) in [5.41, 5.74) is 7.05. The van der Waals surface area contributed by atoms with E-state index >= 15 is 0 Å². The van der Waals surface area contributed by atoms with E-state index in [1.807, 2.05) is 43.3 Å². The van der Waals surface area contributed by atoms with E-state index in [1.165, 1.54) is 12.1 Å². The van der Waals surface area contributed by atoms with Crippen molar-refractivity contribution in [2.45, 2.75) is 6.54 Å².